The van der Waals surface area contributed by atoms with Crippen LogP contribution < -0.4 is 9.62 Å². The van der Waals surface area contributed by atoms with E-state index in [1.165, 1.54) is 23.1 Å². The lowest BCUT2D eigenvalue weighted by Crippen LogP contribution is -2.55. The van der Waals surface area contributed by atoms with E-state index >= 15 is 0 Å². The van der Waals surface area contributed by atoms with Crippen molar-refractivity contribution in [2.75, 3.05) is 10.8 Å². The zero-order valence-electron chi connectivity index (χ0n) is 24.2. The zero-order chi connectivity index (χ0) is 30.5. The first-order valence-corrected chi connectivity index (χ1v) is 15.5. The van der Waals surface area contributed by atoms with Gasteiger partial charge in [0.05, 0.1) is 10.6 Å². The van der Waals surface area contributed by atoms with E-state index in [-0.39, 0.29) is 23.0 Å². The molecule has 0 radical (unpaired) electrons. The third-order valence-electron chi connectivity index (χ3n) is 6.51. The van der Waals surface area contributed by atoms with Gasteiger partial charge in [-0.25, -0.2) is 8.42 Å². The van der Waals surface area contributed by atoms with Gasteiger partial charge in [0.2, 0.25) is 11.8 Å². The van der Waals surface area contributed by atoms with Crippen LogP contribution in [0.2, 0.25) is 10.0 Å². The largest absolute Gasteiger partial charge is 0.350 e. The highest BCUT2D eigenvalue weighted by Gasteiger charge is 2.35. The molecule has 0 saturated carbocycles. The lowest BCUT2D eigenvalue weighted by Gasteiger charge is -2.35. The van der Waals surface area contributed by atoms with Gasteiger partial charge in [-0.3, -0.25) is 13.9 Å². The van der Waals surface area contributed by atoms with Crippen LogP contribution in [0.3, 0.4) is 0 Å². The van der Waals surface area contributed by atoms with E-state index in [0.29, 0.717) is 22.0 Å². The number of rotatable bonds is 10. The van der Waals surface area contributed by atoms with Crippen LogP contribution in [0.15, 0.2) is 71.6 Å². The van der Waals surface area contributed by atoms with Crippen LogP contribution in [-0.2, 0) is 26.2 Å². The summed E-state index contributed by atoms with van der Waals surface area (Å²) in [6.07, 6.45) is 0.305. The molecule has 3 aromatic carbocycles. The molecular formula is C31H37Cl2N3O4S. The maximum atomic E-state index is 14.2. The third kappa shape index (κ3) is 8.24. The molecule has 2 amide bonds. The van der Waals surface area contributed by atoms with Crippen LogP contribution in [0.25, 0.3) is 0 Å². The molecule has 1 N–H and O–H groups in total. The first kappa shape index (κ1) is 32.4. The molecule has 0 aromatic heterocycles. The first-order chi connectivity index (χ1) is 19.1. The molecule has 0 aliphatic rings. The minimum absolute atomic E-state index is 0.0155. The SMILES string of the molecule is CC[C@@H](C(=O)NC(C)(C)C)N(Cc1ccccc1Cl)C(=O)CN(c1ccc(C)c(Cl)c1)S(=O)(=O)c1ccc(C)cc1. The average Bonchev–Trinajstić information content (AvgIpc) is 2.89. The molecule has 0 aliphatic carbocycles. The van der Waals surface area contributed by atoms with E-state index in [9.17, 15) is 18.0 Å². The summed E-state index contributed by atoms with van der Waals surface area (Å²) in [7, 11) is -4.19. The predicted molar refractivity (Wildman–Crippen MR) is 166 cm³/mol. The fraction of sp³-hybridized carbons (Fsp3) is 0.355. The van der Waals surface area contributed by atoms with E-state index in [4.69, 9.17) is 23.2 Å². The topological polar surface area (TPSA) is 86.8 Å². The van der Waals surface area contributed by atoms with Gasteiger partial charge in [-0.05, 0) is 82.5 Å². The average molecular weight is 619 g/mol. The van der Waals surface area contributed by atoms with Crippen molar-refractivity contribution in [3.8, 4) is 0 Å². The highest BCUT2D eigenvalue weighted by atomic mass is 35.5. The van der Waals surface area contributed by atoms with Crippen molar-refractivity contribution in [3.63, 3.8) is 0 Å². The van der Waals surface area contributed by atoms with E-state index in [1.54, 1.807) is 62.4 Å². The van der Waals surface area contributed by atoms with Gasteiger partial charge in [0.1, 0.15) is 12.6 Å². The number of aryl methyl sites for hydroxylation is 2. The molecule has 0 bridgehead atoms. The van der Waals surface area contributed by atoms with Gasteiger partial charge in [-0.1, -0.05) is 72.1 Å². The number of halogens is 2. The minimum Gasteiger partial charge on any atom is -0.350 e. The molecule has 41 heavy (non-hydrogen) atoms. The van der Waals surface area contributed by atoms with Crippen molar-refractivity contribution in [2.24, 2.45) is 0 Å². The molecule has 1 atom stereocenters. The quantitative estimate of drug-likeness (QED) is 0.280. The monoisotopic (exact) mass is 617 g/mol. The van der Waals surface area contributed by atoms with Gasteiger partial charge >= 0.3 is 0 Å². The maximum Gasteiger partial charge on any atom is 0.264 e. The fourth-order valence-corrected chi connectivity index (χ4v) is 6.06. The van der Waals surface area contributed by atoms with Crippen molar-refractivity contribution in [2.45, 2.75) is 71.0 Å². The van der Waals surface area contributed by atoms with Crippen LogP contribution in [0.5, 0.6) is 0 Å². The number of amides is 2. The van der Waals surface area contributed by atoms with Gasteiger partial charge < -0.3 is 10.2 Å². The summed E-state index contributed by atoms with van der Waals surface area (Å²) in [5, 5.41) is 3.75. The number of carbonyl (C=O) groups excluding carboxylic acids is 2. The molecule has 220 valence electrons. The molecular weight excluding hydrogens is 581 g/mol. The Morgan fingerprint density at radius 2 is 1.56 bits per heavy atom. The highest BCUT2D eigenvalue weighted by Crippen LogP contribution is 2.29. The minimum atomic E-state index is -4.19. The Kier molecular flexibility index (Phi) is 10.5. The molecule has 7 nitrogen and oxygen atoms in total. The Labute approximate surface area is 253 Å². The van der Waals surface area contributed by atoms with Crippen molar-refractivity contribution < 1.29 is 18.0 Å². The second kappa shape index (κ2) is 13.3. The Morgan fingerprint density at radius 3 is 2.12 bits per heavy atom. The molecule has 0 heterocycles. The number of hydrogen-bond donors (Lipinski definition) is 1. The Bertz CT molecular complexity index is 1500. The smallest absolute Gasteiger partial charge is 0.264 e. The number of carbonyl (C=O) groups is 2. The molecule has 0 spiro atoms. The zero-order valence-corrected chi connectivity index (χ0v) is 26.6. The maximum absolute atomic E-state index is 14.2. The number of hydrogen-bond acceptors (Lipinski definition) is 4. The van der Waals surface area contributed by atoms with Gasteiger partial charge in [0, 0.05) is 22.1 Å². The van der Waals surface area contributed by atoms with Gasteiger partial charge in [-0.2, -0.15) is 0 Å². The molecule has 3 aromatic rings. The van der Waals surface area contributed by atoms with Crippen molar-refractivity contribution in [1.82, 2.24) is 10.2 Å². The highest BCUT2D eigenvalue weighted by molar-refractivity contribution is 7.92. The van der Waals surface area contributed by atoms with Crippen LogP contribution in [0.1, 0.15) is 50.8 Å². The third-order valence-corrected chi connectivity index (χ3v) is 9.08. The standard InChI is InChI=1S/C31H37Cl2N3O4S/c1-7-28(30(38)34-31(4,5)6)35(19-23-10-8-9-11-26(23)32)29(37)20-36(24-15-14-22(3)27(33)18-24)41(39,40)25-16-12-21(2)13-17-25/h8-18,28H,7,19-20H2,1-6H3,(H,34,38)/t28-/m0/s1. The van der Waals surface area contributed by atoms with Crippen molar-refractivity contribution >= 4 is 50.7 Å². The number of sulfonamides is 1. The molecule has 0 fully saturated rings. The van der Waals surface area contributed by atoms with Crippen LogP contribution in [0.4, 0.5) is 5.69 Å². The lowest BCUT2D eigenvalue weighted by molar-refractivity contribution is -0.141. The summed E-state index contributed by atoms with van der Waals surface area (Å²) in [6, 6.07) is 17.4. The van der Waals surface area contributed by atoms with Crippen molar-refractivity contribution in [3.05, 3.63) is 93.5 Å². The summed E-state index contributed by atoms with van der Waals surface area (Å²) in [6.45, 7) is 10.5. The number of nitrogens with zero attached hydrogens (tertiary/aromatic N) is 2. The van der Waals surface area contributed by atoms with Gasteiger partial charge in [0.25, 0.3) is 10.0 Å². The lowest BCUT2D eigenvalue weighted by atomic mass is 10.1. The fourth-order valence-electron chi connectivity index (χ4n) is 4.29. The van der Waals surface area contributed by atoms with E-state index < -0.39 is 34.1 Å². The van der Waals surface area contributed by atoms with E-state index in [1.807, 2.05) is 27.7 Å². The van der Waals surface area contributed by atoms with Crippen LogP contribution >= 0.6 is 23.2 Å². The van der Waals surface area contributed by atoms with Gasteiger partial charge in [-0.15, -0.1) is 0 Å². The Morgan fingerprint density at radius 1 is 0.927 bits per heavy atom. The Hall–Kier alpha value is -3.07. The summed E-state index contributed by atoms with van der Waals surface area (Å²) in [5.41, 5.74) is 1.99. The number of benzene rings is 3. The summed E-state index contributed by atoms with van der Waals surface area (Å²) >= 11 is 12.8. The Balaban J connectivity index is 2.11. The molecule has 0 saturated heterocycles. The summed E-state index contributed by atoms with van der Waals surface area (Å²) in [4.78, 5) is 29.0. The summed E-state index contributed by atoms with van der Waals surface area (Å²) in [5.74, 6) is -0.903. The second-order valence-corrected chi connectivity index (χ2v) is 13.7. The molecule has 10 heteroatoms. The van der Waals surface area contributed by atoms with Crippen LogP contribution in [-0.4, -0.2) is 43.3 Å². The molecule has 3 rings (SSSR count). The number of anilines is 1. The normalized spacial score (nSPS) is 12.5. The predicted octanol–water partition coefficient (Wildman–Crippen LogP) is 6.53. The second-order valence-electron chi connectivity index (χ2n) is 11.0. The van der Waals surface area contributed by atoms with Crippen molar-refractivity contribution in [1.29, 1.82) is 0 Å². The number of nitrogens with one attached hydrogen (secondary N) is 1. The summed E-state index contributed by atoms with van der Waals surface area (Å²) < 4.78 is 29.0. The molecule has 0 aliphatic heterocycles. The molecule has 0 unspecified atom stereocenters. The van der Waals surface area contributed by atoms with E-state index in [2.05, 4.69) is 5.32 Å². The van der Waals surface area contributed by atoms with E-state index in [0.717, 1.165) is 15.4 Å². The van der Waals surface area contributed by atoms with Crippen LogP contribution in [0, 0.1) is 13.8 Å². The first-order valence-electron chi connectivity index (χ1n) is 13.3. The van der Waals surface area contributed by atoms with Gasteiger partial charge in [0.15, 0.2) is 0 Å².